The van der Waals surface area contributed by atoms with Crippen molar-refractivity contribution in [3.63, 3.8) is 0 Å². The molecule has 1 aliphatic carbocycles. The summed E-state index contributed by atoms with van der Waals surface area (Å²) in [7, 11) is 0. The van der Waals surface area contributed by atoms with Crippen LogP contribution >= 0.6 is 0 Å². The Morgan fingerprint density at radius 3 is 2.89 bits per heavy atom. The van der Waals surface area contributed by atoms with Gasteiger partial charge in [0, 0.05) is 11.4 Å². The average molecular weight is 251 g/mol. The summed E-state index contributed by atoms with van der Waals surface area (Å²) in [4.78, 5) is 4.60. The van der Waals surface area contributed by atoms with Gasteiger partial charge in [-0.2, -0.15) is 5.26 Å². The summed E-state index contributed by atoms with van der Waals surface area (Å²) in [6.45, 7) is 2.28. The lowest BCUT2D eigenvalue weighted by Gasteiger charge is -2.14. The van der Waals surface area contributed by atoms with Crippen LogP contribution in [0.1, 0.15) is 31.7 Å². The van der Waals surface area contributed by atoms with Crippen molar-refractivity contribution in [1.82, 2.24) is 4.98 Å². The molecular formula is C16H17N3. The number of nitrogens with one attached hydrogen (secondary N) is 1. The third kappa shape index (κ3) is 2.39. The van der Waals surface area contributed by atoms with E-state index >= 15 is 0 Å². The molecule has 1 aliphatic rings. The van der Waals surface area contributed by atoms with Crippen LogP contribution in [0.25, 0.3) is 10.9 Å². The molecule has 1 aromatic carbocycles. The van der Waals surface area contributed by atoms with Gasteiger partial charge in [0.2, 0.25) is 0 Å². The van der Waals surface area contributed by atoms with Crippen LogP contribution in [0.2, 0.25) is 0 Å². The lowest BCUT2D eigenvalue weighted by Crippen LogP contribution is -2.17. The first-order valence-corrected chi connectivity index (χ1v) is 6.82. The normalized spacial score (nSPS) is 22.3. The maximum absolute atomic E-state index is 9.27. The Morgan fingerprint density at radius 2 is 2.16 bits per heavy atom. The van der Waals surface area contributed by atoms with Gasteiger partial charge in [-0.05, 0) is 37.3 Å². The van der Waals surface area contributed by atoms with Crippen LogP contribution in [0.4, 0.5) is 5.82 Å². The zero-order chi connectivity index (χ0) is 13.2. The fraction of sp³-hybridized carbons (Fsp3) is 0.375. The summed E-state index contributed by atoms with van der Waals surface area (Å²) >= 11 is 0. The number of hydrogen-bond donors (Lipinski definition) is 1. The van der Waals surface area contributed by atoms with Crippen LogP contribution in [-0.4, -0.2) is 11.0 Å². The van der Waals surface area contributed by atoms with Gasteiger partial charge in [0.25, 0.3) is 0 Å². The fourth-order valence-corrected chi connectivity index (χ4v) is 2.84. The van der Waals surface area contributed by atoms with Crippen molar-refractivity contribution in [2.45, 2.75) is 32.2 Å². The number of benzene rings is 1. The first kappa shape index (κ1) is 12.0. The molecule has 19 heavy (non-hydrogen) atoms. The molecule has 2 aromatic rings. The Bertz CT molecular complexity index is 642. The largest absolute Gasteiger partial charge is 0.366 e. The summed E-state index contributed by atoms with van der Waals surface area (Å²) < 4.78 is 0. The van der Waals surface area contributed by atoms with E-state index in [0.717, 1.165) is 22.6 Å². The summed E-state index contributed by atoms with van der Waals surface area (Å²) in [5.41, 5.74) is 1.58. The highest BCUT2D eigenvalue weighted by Crippen LogP contribution is 2.28. The van der Waals surface area contributed by atoms with Crippen molar-refractivity contribution in [3.05, 3.63) is 35.9 Å². The Labute approximate surface area is 113 Å². The van der Waals surface area contributed by atoms with E-state index in [4.69, 9.17) is 0 Å². The molecule has 1 heterocycles. The molecule has 3 nitrogen and oxygen atoms in total. The van der Waals surface area contributed by atoms with E-state index < -0.39 is 0 Å². The van der Waals surface area contributed by atoms with Crippen molar-refractivity contribution in [3.8, 4) is 6.07 Å². The predicted molar refractivity (Wildman–Crippen MR) is 76.9 cm³/mol. The molecule has 1 N–H and O–H groups in total. The van der Waals surface area contributed by atoms with Crippen molar-refractivity contribution in [2.24, 2.45) is 5.92 Å². The van der Waals surface area contributed by atoms with E-state index in [-0.39, 0.29) is 0 Å². The number of anilines is 1. The standard InChI is InChI=1S/C16H17N3/c1-11-6-7-14(8-11)18-16-13(10-17)9-12-4-2-3-5-15(12)19-16/h2-5,9,11,14H,6-8H2,1H3,(H,18,19). The molecule has 2 atom stereocenters. The first-order chi connectivity index (χ1) is 9.26. The molecule has 1 aromatic heterocycles. The Hall–Kier alpha value is -2.08. The van der Waals surface area contributed by atoms with Crippen molar-refractivity contribution < 1.29 is 0 Å². The molecule has 3 heteroatoms. The van der Waals surface area contributed by atoms with Crippen LogP contribution < -0.4 is 5.32 Å². The third-order valence-corrected chi connectivity index (χ3v) is 3.88. The molecule has 0 radical (unpaired) electrons. The molecule has 1 fully saturated rings. The Kier molecular flexibility index (Phi) is 3.08. The van der Waals surface area contributed by atoms with Crippen molar-refractivity contribution >= 4 is 16.7 Å². The molecule has 1 saturated carbocycles. The van der Waals surface area contributed by atoms with Crippen LogP contribution in [0.5, 0.6) is 0 Å². The number of para-hydroxylation sites is 1. The van der Waals surface area contributed by atoms with Gasteiger partial charge in [0.15, 0.2) is 0 Å². The summed E-state index contributed by atoms with van der Waals surface area (Å²) in [5.74, 6) is 1.50. The van der Waals surface area contributed by atoms with Gasteiger partial charge < -0.3 is 5.32 Å². The number of nitrogens with zero attached hydrogens (tertiary/aromatic N) is 2. The molecule has 0 aliphatic heterocycles. The predicted octanol–water partition coefficient (Wildman–Crippen LogP) is 3.71. The number of rotatable bonds is 2. The Balaban J connectivity index is 1.95. The monoisotopic (exact) mass is 251 g/mol. The van der Waals surface area contributed by atoms with Gasteiger partial charge in [-0.3, -0.25) is 0 Å². The van der Waals surface area contributed by atoms with E-state index in [9.17, 15) is 5.26 Å². The highest BCUT2D eigenvalue weighted by molar-refractivity contribution is 5.82. The van der Waals surface area contributed by atoms with Crippen molar-refractivity contribution in [2.75, 3.05) is 5.32 Å². The summed E-state index contributed by atoms with van der Waals surface area (Å²) in [5, 5.41) is 13.7. The van der Waals surface area contributed by atoms with E-state index in [0.29, 0.717) is 11.6 Å². The zero-order valence-electron chi connectivity index (χ0n) is 11.1. The summed E-state index contributed by atoms with van der Waals surface area (Å²) in [6.07, 6.45) is 3.59. The molecule has 2 unspecified atom stereocenters. The van der Waals surface area contributed by atoms with Gasteiger partial charge in [0.1, 0.15) is 11.9 Å². The maximum atomic E-state index is 9.27. The zero-order valence-corrected chi connectivity index (χ0v) is 11.1. The SMILES string of the molecule is CC1CCC(Nc2nc3ccccc3cc2C#N)C1. The van der Waals surface area contributed by atoms with E-state index in [1.165, 1.54) is 19.3 Å². The van der Waals surface area contributed by atoms with Gasteiger partial charge >= 0.3 is 0 Å². The highest BCUT2D eigenvalue weighted by Gasteiger charge is 2.22. The van der Waals surface area contributed by atoms with Crippen LogP contribution in [0.3, 0.4) is 0 Å². The van der Waals surface area contributed by atoms with Gasteiger partial charge in [-0.15, -0.1) is 0 Å². The van der Waals surface area contributed by atoms with E-state index in [1.807, 2.05) is 30.3 Å². The van der Waals surface area contributed by atoms with Gasteiger partial charge in [-0.25, -0.2) is 4.98 Å². The van der Waals surface area contributed by atoms with Crippen LogP contribution in [-0.2, 0) is 0 Å². The number of aromatic nitrogens is 1. The minimum Gasteiger partial charge on any atom is -0.366 e. The molecule has 0 bridgehead atoms. The van der Waals surface area contributed by atoms with E-state index in [1.54, 1.807) is 0 Å². The van der Waals surface area contributed by atoms with Crippen LogP contribution in [0.15, 0.2) is 30.3 Å². The molecular weight excluding hydrogens is 234 g/mol. The number of pyridine rings is 1. The minimum absolute atomic E-state index is 0.454. The van der Waals surface area contributed by atoms with Crippen LogP contribution in [0, 0.1) is 17.2 Å². The quantitative estimate of drug-likeness (QED) is 0.885. The topological polar surface area (TPSA) is 48.7 Å². The fourth-order valence-electron chi connectivity index (χ4n) is 2.84. The minimum atomic E-state index is 0.454. The molecule has 0 amide bonds. The van der Waals surface area contributed by atoms with Gasteiger partial charge in [-0.1, -0.05) is 25.1 Å². The second kappa shape index (κ2) is 4.89. The highest BCUT2D eigenvalue weighted by atomic mass is 15.0. The smallest absolute Gasteiger partial charge is 0.144 e. The lowest BCUT2D eigenvalue weighted by atomic mass is 10.1. The first-order valence-electron chi connectivity index (χ1n) is 6.82. The Morgan fingerprint density at radius 1 is 1.32 bits per heavy atom. The molecule has 3 rings (SSSR count). The summed E-state index contributed by atoms with van der Waals surface area (Å²) in [6, 6.07) is 12.5. The second-order valence-corrected chi connectivity index (χ2v) is 5.45. The molecule has 0 saturated heterocycles. The number of fused-ring (bicyclic) bond motifs is 1. The van der Waals surface area contributed by atoms with Gasteiger partial charge in [0.05, 0.1) is 11.1 Å². The van der Waals surface area contributed by atoms with Crippen molar-refractivity contribution in [1.29, 1.82) is 5.26 Å². The number of nitriles is 1. The van der Waals surface area contributed by atoms with E-state index in [2.05, 4.69) is 23.3 Å². The second-order valence-electron chi connectivity index (χ2n) is 5.45. The number of hydrogen-bond acceptors (Lipinski definition) is 3. The lowest BCUT2D eigenvalue weighted by molar-refractivity contribution is 0.602. The third-order valence-electron chi connectivity index (χ3n) is 3.88. The molecule has 96 valence electrons. The average Bonchev–Trinajstić information content (AvgIpc) is 2.83. The molecule has 0 spiro atoms. The maximum Gasteiger partial charge on any atom is 0.144 e.